The Morgan fingerprint density at radius 3 is 2.55 bits per heavy atom. The molecule has 0 radical (unpaired) electrons. The molecule has 148 valence electrons. The number of hydrogen-bond donors (Lipinski definition) is 0. The Kier molecular flexibility index (Phi) is 5.90. The van der Waals surface area contributed by atoms with E-state index in [1.54, 1.807) is 37.5 Å². The van der Waals surface area contributed by atoms with Gasteiger partial charge in [-0.25, -0.2) is 4.98 Å². The number of ether oxygens (including phenoxy) is 1. The summed E-state index contributed by atoms with van der Waals surface area (Å²) < 4.78 is 13.0. The van der Waals surface area contributed by atoms with E-state index >= 15 is 0 Å². The molecule has 4 aromatic rings. The minimum Gasteiger partial charge on any atom is -0.497 e. The van der Waals surface area contributed by atoms with Crippen molar-refractivity contribution in [2.75, 3.05) is 7.11 Å². The number of thioether (sulfide) groups is 1. The minimum atomic E-state index is 0.593. The van der Waals surface area contributed by atoms with Gasteiger partial charge in [-0.1, -0.05) is 18.7 Å². The largest absolute Gasteiger partial charge is 0.497 e. The maximum absolute atomic E-state index is 5.65. The van der Waals surface area contributed by atoms with Crippen molar-refractivity contribution in [1.29, 1.82) is 0 Å². The molecule has 29 heavy (non-hydrogen) atoms. The van der Waals surface area contributed by atoms with E-state index in [1.165, 1.54) is 0 Å². The van der Waals surface area contributed by atoms with Crippen LogP contribution in [0.2, 0.25) is 0 Å². The number of pyridine rings is 1. The van der Waals surface area contributed by atoms with Crippen LogP contribution in [0.15, 0.2) is 64.6 Å². The number of aromatic nitrogens is 5. The molecule has 0 bridgehead atoms. The third-order valence-electron chi connectivity index (χ3n) is 4.34. The van der Waals surface area contributed by atoms with Gasteiger partial charge in [0.25, 0.3) is 0 Å². The Labute approximate surface area is 173 Å². The summed E-state index contributed by atoms with van der Waals surface area (Å²) in [6, 6.07) is 11.5. The second kappa shape index (κ2) is 8.91. The number of nitrogens with zero attached hydrogens (tertiary/aromatic N) is 5. The Hall–Kier alpha value is -3.13. The summed E-state index contributed by atoms with van der Waals surface area (Å²) in [7, 11) is 1.65. The predicted molar refractivity (Wildman–Crippen MR) is 112 cm³/mol. The van der Waals surface area contributed by atoms with Gasteiger partial charge in [-0.2, -0.15) is 0 Å². The molecular formula is C21H21N5O2S. The molecule has 3 aromatic heterocycles. The van der Waals surface area contributed by atoms with Crippen LogP contribution in [0, 0.1) is 0 Å². The van der Waals surface area contributed by atoms with E-state index in [0.717, 1.165) is 46.5 Å². The molecule has 4 rings (SSSR count). The Morgan fingerprint density at radius 1 is 1.03 bits per heavy atom. The lowest BCUT2D eigenvalue weighted by Gasteiger charge is -2.08. The van der Waals surface area contributed by atoms with Crippen LogP contribution < -0.4 is 4.74 Å². The molecule has 0 saturated heterocycles. The first kappa shape index (κ1) is 19.2. The molecule has 8 heteroatoms. The molecular weight excluding hydrogens is 386 g/mol. The fourth-order valence-corrected chi connectivity index (χ4v) is 3.75. The van der Waals surface area contributed by atoms with Crippen LogP contribution in [0.5, 0.6) is 5.75 Å². The highest BCUT2D eigenvalue weighted by Crippen LogP contribution is 2.28. The van der Waals surface area contributed by atoms with Gasteiger partial charge in [0.1, 0.15) is 12.0 Å². The summed E-state index contributed by atoms with van der Waals surface area (Å²) in [5, 5.41) is 9.66. The molecule has 7 nitrogen and oxygen atoms in total. The number of benzene rings is 1. The van der Waals surface area contributed by atoms with Crippen molar-refractivity contribution in [1.82, 2.24) is 24.7 Å². The van der Waals surface area contributed by atoms with Crippen molar-refractivity contribution in [3.8, 4) is 28.6 Å². The molecule has 0 spiro atoms. The third-order valence-corrected chi connectivity index (χ3v) is 5.34. The van der Waals surface area contributed by atoms with Crippen molar-refractivity contribution in [3.05, 3.63) is 60.7 Å². The van der Waals surface area contributed by atoms with Gasteiger partial charge in [-0.15, -0.1) is 10.2 Å². The van der Waals surface area contributed by atoms with Crippen LogP contribution in [0.4, 0.5) is 0 Å². The minimum absolute atomic E-state index is 0.593. The molecule has 0 aliphatic heterocycles. The first-order valence-corrected chi connectivity index (χ1v) is 10.3. The highest BCUT2D eigenvalue weighted by molar-refractivity contribution is 7.98. The van der Waals surface area contributed by atoms with Gasteiger partial charge in [0.2, 0.25) is 5.89 Å². The maximum atomic E-state index is 5.65. The zero-order chi connectivity index (χ0) is 20.1. The first-order chi connectivity index (χ1) is 14.3. The number of methoxy groups -OCH3 is 1. The van der Waals surface area contributed by atoms with E-state index in [1.807, 2.05) is 36.4 Å². The maximum Gasteiger partial charge on any atom is 0.226 e. The predicted octanol–water partition coefficient (Wildman–Crippen LogP) is 4.71. The molecule has 0 fully saturated rings. The Bertz CT molecular complexity index is 1060. The van der Waals surface area contributed by atoms with Crippen molar-refractivity contribution in [3.63, 3.8) is 0 Å². The third kappa shape index (κ3) is 4.32. The molecule has 0 aliphatic rings. The first-order valence-electron chi connectivity index (χ1n) is 9.33. The fraction of sp³-hybridized carbons (Fsp3) is 0.238. The molecule has 0 N–H and O–H groups in total. The van der Waals surface area contributed by atoms with Crippen molar-refractivity contribution < 1.29 is 9.15 Å². The van der Waals surface area contributed by atoms with E-state index in [2.05, 4.69) is 31.7 Å². The highest BCUT2D eigenvalue weighted by Gasteiger charge is 2.15. The lowest BCUT2D eigenvalue weighted by molar-refractivity contribution is 0.415. The molecule has 0 saturated carbocycles. The second-order valence-corrected chi connectivity index (χ2v) is 7.30. The van der Waals surface area contributed by atoms with Crippen molar-refractivity contribution >= 4 is 11.8 Å². The zero-order valence-corrected chi connectivity index (χ0v) is 17.1. The van der Waals surface area contributed by atoms with E-state index < -0.39 is 0 Å². The average Bonchev–Trinajstić information content (AvgIpc) is 3.40. The second-order valence-electron chi connectivity index (χ2n) is 6.35. The Balaban J connectivity index is 1.49. The summed E-state index contributed by atoms with van der Waals surface area (Å²) >= 11 is 1.60. The normalized spacial score (nSPS) is 11.0. The van der Waals surface area contributed by atoms with Gasteiger partial charge < -0.3 is 13.7 Å². The van der Waals surface area contributed by atoms with E-state index in [0.29, 0.717) is 11.6 Å². The standard InChI is InChI=1S/C21H21N5O2S/c1-3-12-26-19(15-8-10-22-11-9-15)24-25-21(26)29-14-17-13-28-20(23-17)16-4-6-18(27-2)7-5-16/h4-11,13H,3,12,14H2,1-2H3. The van der Waals surface area contributed by atoms with Crippen LogP contribution in [0.25, 0.3) is 22.8 Å². The summed E-state index contributed by atoms with van der Waals surface area (Å²) in [5.74, 6) is 2.90. The smallest absolute Gasteiger partial charge is 0.226 e. The summed E-state index contributed by atoms with van der Waals surface area (Å²) in [6.07, 6.45) is 6.22. The van der Waals surface area contributed by atoms with Crippen molar-refractivity contribution in [2.24, 2.45) is 0 Å². The topological polar surface area (TPSA) is 78.9 Å². The SMILES string of the molecule is CCCn1c(SCc2coc(-c3ccc(OC)cc3)n2)nnc1-c1ccncc1. The van der Waals surface area contributed by atoms with Gasteiger partial charge in [-0.3, -0.25) is 4.98 Å². The van der Waals surface area contributed by atoms with Crippen LogP contribution in [0.3, 0.4) is 0 Å². The molecule has 3 heterocycles. The van der Waals surface area contributed by atoms with Gasteiger partial charge in [0.15, 0.2) is 11.0 Å². The lowest BCUT2D eigenvalue weighted by atomic mass is 10.2. The zero-order valence-electron chi connectivity index (χ0n) is 16.3. The van der Waals surface area contributed by atoms with E-state index in [4.69, 9.17) is 9.15 Å². The van der Waals surface area contributed by atoms with Crippen LogP contribution in [-0.2, 0) is 12.3 Å². The van der Waals surface area contributed by atoms with Gasteiger partial charge >= 0.3 is 0 Å². The van der Waals surface area contributed by atoms with Gasteiger partial charge in [0.05, 0.1) is 12.8 Å². The fourth-order valence-electron chi connectivity index (χ4n) is 2.91. The molecule has 0 amide bonds. The number of oxazole rings is 1. The van der Waals surface area contributed by atoms with Crippen molar-refractivity contribution in [2.45, 2.75) is 30.8 Å². The van der Waals surface area contributed by atoms with Crippen LogP contribution >= 0.6 is 11.8 Å². The molecule has 0 aliphatic carbocycles. The summed E-state index contributed by atoms with van der Waals surface area (Å²) in [6.45, 7) is 2.99. The summed E-state index contributed by atoms with van der Waals surface area (Å²) in [5.41, 5.74) is 2.78. The summed E-state index contributed by atoms with van der Waals surface area (Å²) in [4.78, 5) is 8.68. The quantitative estimate of drug-likeness (QED) is 0.392. The van der Waals surface area contributed by atoms with Crippen LogP contribution in [0.1, 0.15) is 19.0 Å². The monoisotopic (exact) mass is 407 g/mol. The van der Waals surface area contributed by atoms with E-state index in [9.17, 15) is 0 Å². The molecule has 0 unspecified atom stereocenters. The molecule has 1 aromatic carbocycles. The number of hydrogen-bond acceptors (Lipinski definition) is 7. The average molecular weight is 407 g/mol. The van der Waals surface area contributed by atoms with Gasteiger partial charge in [-0.05, 0) is 42.8 Å². The van der Waals surface area contributed by atoms with E-state index in [-0.39, 0.29) is 0 Å². The van der Waals surface area contributed by atoms with Crippen LogP contribution in [-0.4, -0.2) is 31.8 Å². The Morgan fingerprint density at radius 2 is 1.83 bits per heavy atom. The van der Waals surface area contributed by atoms with Gasteiger partial charge in [0, 0.05) is 35.8 Å². The number of rotatable bonds is 8. The molecule has 0 atom stereocenters. The lowest BCUT2D eigenvalue weighted by Crippen LogP contribution is -2.02. The highest BCUT2D eigenvalue weighted by atomic mass is 32.2.